The van der Waals surface area contributed by atoms with Gasteiger partial charge in [-0.25, -0.2) is 9.97 Å². The Balaban J connectivity index is 1.48. The largest absolute Gasteiger partial charge is 0.396 e. The highest BCUT2D eigenvalue weighted by Crippen LogP contribution is 2.46. The molecule has 5 rings (SSSR count). The van der Waals surface area contributed by atoms with Crippen LogP contribution in [0.15, 0.2) is 37.0 Å². The summed E-state index contributed by atoms with van der Waals surface area (Å²) in [5, 5.41) is 0. The Hall–Kier alpha value is -3.52. The predicted octanol–water partition coefficient (Wildman–Crippen LogP) is 3.87. The van der Waals surface area contributed by atoms with Crippen molar-refractivity contribution in [2.75, 3.05) is 44.0 Å². The molecule has 0 spiro atoms. The summed E-state index contributed by atoms with van der Waals surface area (Å²) in [7, 11) is 1.62. The summed E-state index contributed by atoms with van der Waals surface area (Å²) in [6.07, 6.45) is 6.10. The summed E-state index contributed by atoms with van der Waals surface area (Å²) in [4.78, 5) is 31.2. The second-order valence-corrected chi connectivity index (χ2v) is 9.41. The van der Waals surface area contributed by atoms with Crippen LogP contribution in [0, 0.1) is 0 Å². The van der Waals surface area contributed by atoms with Crippen molar-refractivity contribution < 1.29 is 9.53 Å². The topological polar surface area (TPSA) is 97.5 Å². The van der Waals surface area contributed by atoms with E-state index in [9.17, 15) is 4.79 Å². The smallest absolute Gasteiger partial charge is 0.225 e. The molecular formula is C27H32N6O2. The molecule has 2 aromatic heterocycles. The van der Waals surface area contributed by atoms with Crippen LogP contribution in [0.5, 0.6) is 0 Å². The number of aromatic nitrogens is 3. The van der Waals surface area contributed by atoms with Crippen molar-refractivity contribution in [2.24, 2.45) is 0 Å². The van der Waals surface area contributed by atoms with E-state index in [1.807, 2.05) is 17.0 Å². The molecule has 1 saturated carbocycles. The molecule has 8 nitrogen and oxygen atoms in total. The number of piperazine rings is 1. The number of nitrogen functional groups attached to an aromatic ring is 1. The van der Waals surface area contributed by atoms with Crippen LogP contribution in [0.3, 0.4) is 0 Å². The summed E-state index contributed by atoms with van der Waals surface area (Å²) in [5.41, 5.74) is 12.8. The van der Waals surface area contributed by atoms with Crippen molar-refractivity contribution in [3.05, 3.63) is 48.4 Å². The molecule has 3 heterocycles. The number of benzene rings is 1. The Morgan fingerprint density at radius 1 is 1.26 bits per heavy atom. The third kappa shape index (κ3) is 4.58. The maximum absolute atomic E-state index is 12.5. The first-order chi connectivity index (χ1) is 17.0. The zero-order chi connectivity index (χ0) is 24.5. The van der Waals surface area contributed by atoms with Crippen molar-refractivity contribution >= 4 is 34.5 Å². The maximum Gasteiger partial charge on any atom is 0.225 e. The van der Waals surface area contributed by atoms with Crippen LogP contribution in [0.4, 0.5) is 11.5 Å². The van der Waals surface area contributed by atoms with Crippen molar-refractivity contribution in [3.63, 3.8) is 0 Å². The molecule has 0 unspecified atom stereocenters. The van der Waals surface area contributed by atoms with Crippen LogP contribution in [0.1, 0.15) is 43.5 Å². The summed E-state index contributed by atoms with van der Waals surface area (Å²) in [6.45, 7) is 8.37. The van der Waals surface area contributed by atoms with Gasteiger partial charge in [-0.1, -0.05) is 18.7 Å². The van der Waals surface area contributed by atoms with Gasteiger partial charge in [0, 0.05) is 49.8 Å². The Kier molecular flexibility index (Phi) is 6.38. The Labute approximate surface area is 205 Å². The van der Waals surface area contributed by atoms with Gasteiger partial charge < -0.3 is 20.3 Å². The molecule has 2 fully saturated rings. The van der Waals surface area contributed by atoms with Gasteiger partial charge >= 0.3 is 0 Å². The van der Waals surface area contributed by atoms with Crippen LogP contribution >= 0.6 is 0 Å². The number of fused-ring (bicyclic) bond motifs is 1. The number of nitrogens with zero attached hydrogens (tertiary/aromatic N) is 5. The number of carbonyl (C=O) groups is 1. The Morgan fingerprint density at radius 3 is 2.80 bits per heavy atom. The lowest BCUT2D eigenvalue weighted by molar-refractivity contribution is -0.134. The fourth-order valence-corrected chi connectivity index (χ4v) is 4.89. The van der Waals surface area contributed by atoms with Crippen molar-refractivity contribution in [1.82, 2.24) is 19.9 Å². The minimum absolute atomic E-state index is 0.0748. The van der Waals surface area contributed by atoms with E-state index in [2.05, 4.69) is 40.5 Å². The molecule has 1 aliphatic carbocycles. The summed E-state index contributed by atoms with van der Waals surface area (Å²) < 4.78 is 5.07. The first kappa shape index (κ1) is 23.2. The number of anilines is 2. The predicted molar refractivity (Wildman–Crippen MR) is 139 cm³/mol. The van der Waals surface area contributed by atoms with Crippen LogP contribution in [-0.2, 0) is 9.53 Å². The minimum atomic E-state index is 0.0748. The molecule has 0 radical (unpaired) electrons. The van der Waals surface area contributed by atoms with Crippen LogP contribution in [0.25, 0.3) is 28.2 Å². The molecule has 1 aromatic carbocycles. The third-order valence-corrected chi connectivity index (χ3v) is 6.88. The number of methoxy groups -OCH3 is 1. The fraction of sp³-hybridized carbons (Fsp3) is 0.407. The SMILES string of the molecule is C=Cc1cnc2c(-c3cc(N)c(N4CCN(C(=O)CCOC)[C@H](C)C4)nc3C3CC3)cccc2n1. The van der Waals surface area contributed by atoms with E-state index in [0.717, 1.165) is 52.2 Å². The highest BCUT2D eigenvalue weighted by Gasteiger charge is 2.33. The average molecular weight is 473 g/mol. The minimum Gasteiger partial charge on any atom is -0.396 e. The molecule has 8 heteroatoms. The number of hydrogen-bond donors (Lipinski definition) is 1. The summed E-state index contributed by atoms with van der Waals surface area (Å²) in [6, 6.07) is 8.16. The number of amides is 1. The maximum atomic E-state index is 12.5. The first-order valence-corrected chi connectivity index (χ1v) is 12.2. The molecule has 3 aromatic rings. The quantitative estimate of drug-likeness (QED) is 0.557. The standard InChI is InChI=1S/C27H32N6O2/c1-4-19-15-29-26-20(6-5-7-23(26)30-19)21-14-22(28)27(31-25(21)18-8-9-18)32-11-12-33(17(2)16-32)24(34)10-13-35-3/h4-7,14-15,17-18H,1,8-13,16,28H2,2-3H3/t17-/m1/s1. The molecular weight excluding hydrogens is 440 g/mol. The number of ether oxygens (including phenoxy) is 1. The van der Waals surface area contributed by atoms with Gasteiger partial charge in [-0.15, -0.1) is 0 Å². The van der Waals surface area contributed by atoms with E-state index >= 15 is 0 Å². The summed E-state index contributed by atoms with van der Waals surface area (Å²) in [5.74, 6) is 1.37. The van der Waals surface area contributed by atoms with Crippen molar-refractivity contribution in [3.8, 4) is 11.1 Å². The van der Waals surface area contributed by atoms with Gasteiger partial charge in [-0.05, 0) is 38.0 Å². The lowest BCUT2D eigenvalue weighted by atomic mass is 9.98. The van der Waals surface area contributed by atoms with Gasteiger partial charge in [0.1, 0.15) is 0 Å². The van der Waals surface area contributed by atoms with E-state index in [4.69, 9.17) is 15.5 Å². The number of carbonyl (C=O) groups excluding carboxylic acids is 1. The lowest BCUT2D eigenvalue weighted by Gasteiger charge is -2.41. The van der Waals surface area contributed by atoms with E-state index in [1.165, 1.54) is 0 Å². The number of para-hydroxylation sites is 1. The van der Waals surface area contributed by atoms with Gasteiger partial charge in [-0.2, -0.15) is 0 Å². The van der Waals surface area contributed by atoms with Gasteiger partial charge in [0.25, 0.3) is 0 Å². The molecule has 1 atom stereocenters. The molecule has 2 N–H and O–H groups in total. The number of hydrogen-bond acceptors (Lipinski definition) is 7. The molecule has 182 valence electrons. The molecule has 1 amide bonds. The van der Waals surface area contributed by atoms with E-state index in [0.29, 0.717) is 44.3 Å². The summed E-state index contributed by atoms with van der Waals surface area (Å²) >= 11 is 0. The monoisotopic (exact) mass is 472 g/mol. The fourth-order valence-electron chi connectivity index (χ4n) is 4.89. The molecule has 1 aliphatic heterocycles. The first-order valence-electron chi connectivity index (χ1n) is 12.2. The number of nitrogens with two attached hydrogens (primary N) is 1. The third-order valence-electron chi connectivity index (χ3n) is 6.88. The number of rotatable bonds is 7. The van der Waals surface area contributed by atoms with Crippen molar-refractivity contribution in [1.29, 1.82) is 0 Å². The molecule has 1 saturated heterocycles. The van der Waals surface area contributed by atoms with Crippen LogP contribution in [-0.4, -0.2) is 65.2 Å². The van der Waals surface area contributed by atoms with Gasteiger partial charge in [0.15, 0.2) is 5.82 Å². The lowest BCUT2D eigenvalue weighted by Crippen LogP contribution is -2.54. The Bertz CT molecular complexity index is 1270. The van der Waals surface area contributed by atoms with Crippen LogP contribution < -0.4 is 10.6 Å². The van der Waals surface area contributed by atoms with E-state index in [-0.39, 0.29) is 11.9 Å². The Morgan fingerprint density at radius 2 is 2.09 bits per heavy atom. The van der Waals surface area contributed by atoms with Crippen molar-refractivity contribution in [2.45, 2.75) is 38.1 Å². The second kappa shape index (κ2) is 9.62. The highest BCUT2D eigenvalue weighted by molar-refractivity contribution is 5.94. The molecule has 2 aliphatic rings. The van der Waals surface area contributed by atoms with Crippen LogP contribution in [0.2, 0.25) is 0 Å². The molecule has 0 bridgehead atoms. The second-order valence-electron chi connectivity index (χ2n) is 9.41. The normalized spacial score (nSPS) is 18.2. The average Bonchev–Trinajstić information content (AvgIpc) is 3.71. The van der Waals surface area contributed by atoms with Gasteiger partial charge in [-0.3, -0.25) is 9.78 Å². The molecule has 35 heavy (non-hydrogen) atoms. The zero-order valence-electron chi connectivity index (χ0n) is 20.4. The zero-order valence-corrected chi connectivity index (χ0v) is 20.4. The highest BCUT2D eigenvalue weighted by atomic mass is 16.5. The van der Waals surface area contributed by atoms with Gasteiger partial charge in [0.2, 0.25) is 5.91 Å². The van der Waals surface area contributed by atoms with Gasteiger partial charge in [0.05, 0.1) is 47.3 Å². The number of pyridine rings is 1. The van der Waals surface area contributed by atoms with E-state index in [1.54, 1.807) is 19.4 Å². The van der Waals surface area contributed by atoms with E-state index < -0.39 is 0 Å².